The molecule has 0 amide bonds. The van der Waals surface area contributed by atoms with Gasteiger partial charge in [0.1, 0.15) is 0 Å². The number of rotatable bonds is 30. The third kappa shape index (κ3) is 29.5. The molecule has 0 aromatic carbocycles. The van der Waals surface area contributed by atoms with Crippen molar-refractivity contribution >= 4 is 5.78 Å². The summed E-state index contributed by atoms with van der Waals surface area (Å²) in [4.78, 5) is 11.5. The maximum absolute atomic E-state index is 11.5. The first-order valence-electron chi connectivity index (χ1n) is 16.4. The summed E-state index contributed by atoms with van der Waals surface area (Å²) < 4.78 is 0. The monoisotopic (exact) mass is 491 g/mol. The Morgan fingerprint density at radius 1 is 0.400 bits per heavy atom. The molecule has 0 unspecified atom stereocenters. The van der Waals surface area contributed by atoms with E-state index in [0.29, 0.717) is 6.42 Å². The van der Waals surface area contributed by atoms with Crippen LogP contribution in [0, 0.1) is 0 Å². The number of carbonyl (C=O) groups excluding carboxylic acids is 1. The normalized spacial score (nSPS) is 11.3. The minimum atomic E-state index is 0.250. The fraction of sp³-hybridized carbons (Fsp3) is 0.912. The van der Waals surface area contributed by atoms with Crippen molar-refractivity contribution in [1.82, 2.24) is 0 Å². The van der Waals surface area contributed by atoms with Crippen molar-refractivity contribution in [3.05, 3.63) is 12.2 Å². The molecule has 0 rings (SSSR count). The summed E-state index contributed by atoms with van der Waals surface area (Å²) in [5, 5.41) is 0. The first kappa shape index (κ1) is 34.4. The molecule has 0 aliphatic heterocycles. The molecule has 0 N–H and O–H groups in total. The molecule has 208 valence electrons. The van der Waals surface area contributed by atoms with Crippen LogP contribution in [0.5, 0.6) is 0 Å². The molecule has 0 saturated heterocycles. The van der Waals surface area contributed by atoms with Crippen LogP contribution in [0.4, 0.5) is 0 Å². The van der Waals surface area contributed by atoms with Crippen LogP contribution >= 0.6 is 0 Å². The number of Topliss-reactive ketones (excluding diaryl/α,β-unsaturated/α-hetero) is 1. The Labute approximate surface area is 222 Å². The lowest BCUT2D eigenvalue weighted by molar-refractivity contribution is -0.115. The fourth-order valence-corrected chi connectivity index (χ4v) is 5.17. The summed E-state index contributed by atoms with van der Waals surface area (Å²) in [6, 6.07) is 0. The average molecular weight is 491 g/mol. The van der Waals surface area contributed by atoms with E-state index in [1.165, 1.54) is 173 Å². The molecule has 0 radical (unpaired) electrons. The van der Waals surface area contributed by atoms with E-state index in [4.69, 9.17) is 0 Å². The van der Waals surface area contributed by atoms with Gasteiger partial charge < -0.3 is 0 Å². The third-order valence-corrected chi connectivity index (χ3v) is 7.73. The van der Waals surface area contributed by atoms with E-state index >= 15 is 0 Å². The van der Waals surface area contributed by atoms with Crippen molar-refractivity contribution in [1.29, 1.82) is 0 Å². The Balaban J connectivity index is 3.05. The van der Waals surface area contributed by atoms with Gasteiger partial charge in [0.25, 0.3) is 0 Å². The van der Waals surface area contributed by atoms with Gasteiger partial charge in [-0.2, -0.15) is 0 Å². The molecule has 0 fully saturated rings. The van der Waals surface area contributed by atoms with Gasteiger partial charge in [0.05, 0.1) is 0 Å². The SMILES string of the molecule is C=C(C)C(=O)CCCCCCCCCCCCCCCCCCCCCCCCCCCCCC. The quantitative estimate of drug-likeness (QED) is 0.0722. The molecule has 35 heavy (non-hydrogen) atoms. The average Bonchev–Trinajstić information content (AvgIpc) is 2.85. The molecule has 1 heteroatoms. The molecule has 0 aliphatic rings. The van der Waals surface area contributed by atoms with Gasteiger partial charge in [0, 0.05) is 6.42 Å². The van der Waals surface area contributed by atoms with Crippen LogP contribution in [0.25, 0.3) is 0 Å². The maximum Gasteiger partial charge on any atom is 0.157 e. The maximum atomic E-state index is 11.5. The Hall–Kier alpha value is -0.590. The molecule has 0 spiro atoms. The van der Waals surface area contributed by atoms with E-state index in [0.717, 1.165) is 12.0 Å². The standard InChI is InChI=1S/C34H66O/c1-4-5-6-7-8-9-10-11-12-13-14-15-16-17-18-19-20-21-22-23-24-25-26-27-28-29-30-31-32-34(35)33(2)3/h2,4-32H2,1,3H3. The second-order valence-corrected chi connectivity index (χ2v) is 11.5. The number of unbranched alkanes of at least 4 members (excludes halogenated alkanes) is 27. The molecule has 0 aliphatic carbocycles. The van der Waals surface area contributed by atoms with Crippen LogP contribution in [0.2, 0.25) is 0 Å². The molecule has 1 nitrogen and oxygen atoms in total. The molecule has 0 saturated carbocycles. The fourth-order valence-electron chi connectivity index (χ4n) is 5.17. The Morgan fingerprint density at radius 2 is 0.600 bits per heavy atom. The van der Waals surface area contributed by atoms with Crippen molar-refractivity contribution in [3.63, 3.8) is 0 Å². The van der Waals surface area contributed by atoms with E-state index in [2.05, 4.69) is 13.5 Å². The predicted octanol–water partition coefficient (Wildman–Crippen LogP) is 12.5. The number of hydrogen-bond donors (Lipinski definition) is 0. The molecule has 0 atom stereocenters. The Morgan fingerprint density at radius 3 is 0.800 bits per heavy atom. The zero-order chi connectivity index (χ0) is 25.7. The zero-order valence-corrected chi connectivity index (χ0v) is 24.6. The van der Waals surface area contributed by atoms with Gasteiger partial charge in [-0.05, 0) is 18.9 Å². The highest BCUT2D eigenvalue weighted by molar-refractivity contribution is 5.93. The van der Waals surface area contributed by atoms with Crippen molar-refractivity contribution < 1.29 is 4.79 Å². The number of hydrogen-bond acceptors (Lipinski definition) is 1. The van der Waals surface area contributed by atoms with Crippen molar-refractivity contribution in [2.75, 3.05) is 0 Å². The van der Waals surface area contributed by atoms with Crippen LogP contribution in [0.15, 0.2) is 12.2 Å². The lowest BCUT2D eigenvalue weighted by atomic mass is 10.0. The highest BCUT2D eigenvalue weighted by atomic mass is 16.1. The molecule has 0 bridgehead atoms. The van der Waals surface area contributed by atoms with Crippen LogP contribution in [-0.4, -0.2) is 5.78 Å². The molecule has 0 aromatic rings. The highest BCUT2D eigenvalue weighted by Gasteiger charge is 2.01. The topological polar surface area (TPSA) is 17.1 Å². The van der Waals surface area contributed by atoms with Gasteiger partial charge in [-0.15, -0.1) is 0 Å². The van der Waals surface area contributed by atoms with Crippen molar-refractivity contribution in [2.24, 2.45) is 0 Å². The van der Waals surface area contributed by atoms with E-state index in [-0.39, 0.29) is 5.78 Å². The first-order chi connectivity index (χ1) is 17.2. The van der Waals surface area contributed by atoms with Gasteiger partial charge in [0.2, 0.25) is 0 Å². The number of allylic oxidation sites excluding steroid dienone is 1. The minimum Gasteiger partial charge on any atom is -0.295 e. The van der Waals surface area contributed by atoms with Gasteiger partial charge in [-0.1, -0.05) is 187 Å². The van der Waals surface area contributed by atoms with Crippen LogP contribution in [-0.2, 0) is 4.79 Å². The summed E-state index contributed by atoms with van der Waals surface area (Å²) in [6.45, 7) is 7.85. The van der Waals surface area contributed by atoms with Gasteiger partial charge >= 0.3 is 0 Å². The predicted molar refractivity (Wildman–Crippen MR) is 159 cm³/mol. The summed E-state index contributed by atoms with van der Waals surface area (Å²) in [5.41, 5.74) is 0.718. The van der Waals surface area contributed by atoms with Crippen LogP contribution in [0.1, 0.15) is 200 Å². The molecule has 0 heterocycles. The highest BCUT2D eigenvalue weighted by Crippen LogP contribution is 2.16. The Kier molecular flexibility index (Phi) is 29.1. The summed E-state index contributed by atoms with van der Waals surface area (Å²) in [5.74, 6) is 0.250. The van der Waals surface area contributed by atoms with Crippen molar-refractivity contribution in [3.8, 4) is 0 Å². The second kappa shape index (κ2) is 29.6. The molecular weight excluding hydrogens is 424 g/mol. The van der Waals surface area contributed by atoms with E-state index in [9.17, 15) is 4.79 Å². The lowest BCUT2D eigenvalue weighted by Gasteiger charge is -2.04. The Bertz CT molecular complexity index is 438. The van der Waals surface area contributed by atoms with Gasteiger partial charge in [-0.3, -0.25) is 4.79 Å². The summed E-state index contributed by atoms with van der Waals surface area (Å²) >= 11 is 0. The number of carbonyl (C=O) groups is 1. The largest absolute Gasteiger partial charge is 0.295 e. The molecular formula is C34H66O. The third-order valence-electron chi connectivity index (χ3n) is 7.73. The first-order valence-corrected chi connectivity index (χ1v) is 16.4. The molecule has 0 aromatic heterocycles. The van der Waals surface area contributed by atoms with E-state index < -0.39 is 0 Å². The summed E-state index contributed by atoms with van der Waals surface area (Å²) in [6.07, 6.45) is 40.5. The smallest absolute Gasteiger partial charge is 0.157 e. The van der Waals surface area contributed by atoms with Crippen molar-refractivity contribution in [2.45, 2.75) is 200 Å². The van der Waals surface area contributed by atoms with Gasteiger partial charge in [-0.25, -0.2) is 0 Å². The zero-order valence-electron chi connectivity index (χ0n) is 24.6. The van der Waals surface area contributed by atoms with Gasteiger partial charge in [0.15, 0.2) is 5.78 Å². The second-order valence-electron chi connectivity index (χ2n) is 11.5. The van der Waals surface area contributed by atoms with E-state index in [1.807, 2.05) is 6.92 Å². The lowest BCUT2D eigenvalue weighted by Crippen LogP contribution is -1.97. The summed E-state index contributed by atoms with van der Waals surface area (Å²) in [7, 11) is 0. The minimum absolute atomic E-state index is 0.250. The van der Waals surface area contributed by atoms with Crippen LogP contribution in [0.3, 0.4) is 0 Å². The van der Waals surface area contributed by atoms with E-state index in [1.54, 1.807) is 0 Å². The van der Waals surface area contributed by atoms with Crippen LogP contribution < -0.4 is 0 Å². The number of ketones is 1.